The molecule has 0 unspecified atom stereocenters. The highest BCUT2D eigenvalue weighted by molar-refractivity contribution is 5.38. The van der Waals surface area contributed by atoms with E-state index in [1.165, 1.54) is 0 Å². The average Bonchev–Trinajstić information content (AvgIpc) is 2.85. The Bertz CT molecular complexity index is 531. The average molecular weight is 248 g/mol. The van der Waals surface area contributed by atoms with E-state index < -0.39 is 0 Å². The molecule has 6 heteroatoms. The van der Waals surface area contributed by atoms with Crippen LogP contribution in [0.5, 0.6) is 0 Å². The van der Waals surface area contributed by atoms with E-state index in [9.17, 15) is 0 Å². The number of rotatable bonds is 3. The zero-order valence-electron chi connectivity index (χ0n) is 11.4. The molecule has 0 amide bonds. The van der Waals surface area contributed by atoms with Crippen LogP contribution in [0.2, 0.25) is 0 Å². The van der Waals surface area contributed by atoms with Crippen LogP contribution in [-0.2, 0) is 18.5 Å². The Labute approximate surface area is 107 Å². The van der Waals surface area contributed by atoms with E-state index >= 15 is 0 Å². The molecule has 0 aliphatic carbocycles. The van der Waals surface area contributed by atoms with Crippen LogP contribution in [0.15, 0.2) is 12.4 Å². The predicted molar refractivity (Wildman–Crippen MR) is 70.1 cm³/mol. The maximum absolute atomic E-state index is 5.90. The SMILES string of the molecule is CCn1cc(Cn2nnc(N)c2C(C)(C)C)cn1. The highest BCUT2D eigenvalue weighted by atomic mass is 15.4. The van der Waals surface area contributed by atoms with Gasteiger partial charge in [0.25, 0.3) is 0 Å². The van der Waals surface area contributed by atoms with Crippen LogP contribution >= 0.6 is 0 Å². The van der Waals surface area contributed by atoms with Crippen LogP contribution in [0.3, 0.4) is 0 Å². The summed E-state index contributed by atoms with van der Waals surface area (Å²) in [6.07, 6.45) is 3.87. The number of nitrogen functional groups attached to an aromatic ring is 1. The fourth-order valence-electron chi connectivity index (χ4n) is 2.04. The van der Waals surface area contributed by atoms with Crippen molar-refractivity contribution in [2.45, 2.75) is 46.2 Å². The number of aromatic nitrogens is 5. The van der Waals surface area contributed by atoms with Gasteiger partial charge in [0, 0.05) is 23.7 Å². The molecular weight excluding hydrogens is 228 g/mol. The second-order valence-electron chi connectivity index (χ2n) is 5.44. The summed E-state index contributed by atoms with van der Waals surface area (Å²) in [6, 6.07) is 0. The summed E-state index contributed by atoms with van der Waals surface area (Å²) in [5.74, 6) is 0.505. The molecule has 2 aromatic rings. The Balaban J connectivity index is 2.29. The summed E-state index contributed by atoms with van der Waals surface area (Å²) in [6.45, 7) is 9.89. The van der Waals surface area contributed by atoms with Crippen molar-refractivity contribution in [3.8, 4) is 0 Å². The highest BCUT2D eigenvalue weighted by Gasteiger charge is 2.24. The van der Waals surface area contributed by atoms with Gasteiger partial charge in [-0.25, -0.2) is 4.68 Å². The largest absolute Gasteiger partial charge is 0.381 e. The third-order valence-corrected chi connectivity index (χ3v) is 2.81. The second-order valence-corrected chi connectivity index (χ2v) is 5.44. The fourth-order valence-corrected chi connectivity index (χ4v) is 2.04. The number of hydrogen-bond acceptors (Lipinski definition) is 4. The summed E-state index contributed by atoms with van der Waals surface area (Å²) in [5.41, 5.74) is 7.89. The molecule has 0 aliphatic heterocycles. The molecule has 6 nitrogen and oxygen atoms in total. The molecule has 0 fully saturated rings. The summed E-state index contributed by atoms with van der Waals surface area (Å²) in [4.78, 5) is 0. The van der Waals surface area contributed by atoms with Gasteiger partial charge >= 0.3 is 0 Å². The maximum atomic E-state index is 5.90. The van der Waals surface area contributed by atoms with Crippen LogP contribution in [0.4, 0.5) is 5.82 Å². The monoisotopic (exact) mass is 248 g/mol. The number of hydrogen-bond donors (Lipinski definition) is 1. The van der Waals surface area contributed by atoms with Gasteiger partial charge in [0.05, 0.1) is 18.4 Å². The number of nitrogens with two attached hydrogens (primary N) is 1. The maximum Gasteiger partial charge on any atom is 0.169 e. The molecule has 2 aromatic heterocycles. The third-order valence-electron chi connectivity index (χ3n) is 2.81. The predicted octanol–water partition coefficient (Wildman–Crippen LogP) is 1.42. The van der Waals surface area contributed by atoms with Gasteiger partial charge < -0.3 is 5.73 Å². The normalized spacial score (nSPS) is 12.0. The molecule has 0 aliphatic rings. The van der Waals surface area contributed by atoms with Gasteiger partial charge in [0.15, 0.2) is 5.82 Å². The molecule has 0 saturated carbocycles. The van der Waals surface area contributed by atoms with Crippen molar-refractivity contribution in [1.82, 2.24) is 24.8 Å². The van der Waals surface area contributed by atoms with Crippen molar-refractivity contribution in [1.29, 1.82) is 0 Å². The summed E-state index contributed by atoms with van der Waals surface area (Å²) in [7, 11) is 0. The molecule has 2 rings (SSSR count). The molecule has 98 valence electrons. The van der Waals surface area contributed by atoms with Gasteiger partial charge in [-0.05, 0) is 6.92 Å². The quantitative estimate of drug-likeness (QED) is 0.891. The Kier molecular flexibility index (Phi) is 3.11. The molecule has 0 saturated heterocycles. The lowest BCUT2D eigenvalue weighted by atomic mass is 9.92. The Morgan fingerprint density at radius 2 is 2.06 bits per heavy atom. The topological polar surface area (TPSA) is 74.5 Å². The second kappa shape index (κ2) is 4.44. The first-order valence-corrected chi connectivity index (χ1v) is 6.12. The van der Waals surface area contributed by atoms with Crippen molar-refractivity contribution in [2.75, 3.05) is 5.73 Å². The van der Waals surface area contributed by atoms with Crippen molar-refractivity contribution in [3.63, 3.8) is 0 Å². The van der Waals surface area contributed by atoms with E-state index in [0.717, 1.165) is 17.8 Å². The molecule has 2 heterocycles. The third kappa shape index (κ3) is 2.37. The highest BCUT2D eigenvalue weighted by Crippen LogP contribution is 2.26. The molecule has 2 N–H and O–H groups in total. The van der Waals surface area contributed by atoms with Crippen LogP contribution in [0.1, 0.15) is 39.0 Å². The Morgan fingerprint density at radius 1 is 1.33 bits per heavy atom. The minimum absolute atomic E-state index is 0.0751. The van der Waals surface area contributed by atoms with Crippen LogP contribution in [0, 0.1) is 0 Å². The standard InChI is InChI=1S/C12H20N6/c1-5-17-7-9(6-14-17)8-18-10(12(2,3)4)11(13)15-16-18/h6-7H,5,8,13H2,1-4H3. The Hall–Kier alpha value is -1.85. The van der Waals surface area contributed by atoms with Gasteiger partial charge in [-0.3, -0.25) is 4.68 Å². The van der Waals surface area contributed by atoms with Gasteiger partial charge in [0.2, 0.25) is 0 Å². The zero-order chi connectivity index (χ0) is 13.3. The lowest BCUT2D eigenvalue weighted by molar-refractivity contribution is 0.502. The van der Waals surface area contributed by atoms with Gasteiger partial charge in [-0.2, -0.15) is 5.10 Å². The van der Waals surface area contributed by atoms with Crippen LogP contribution in [-0.4, -0.2) is 24.8 Å². The summed E-state index contributed by atoms with van der Waals surface area (Å²) < 4.78 is 3.75. The minimum Gasteiger partial charge on any atom is -0.381 e. The summed E-state index contributed by atoms with van der Waals surface area (Å²) in [5, 5.41) is 12.3. The lowest BCUT2D eigenvalue weighted by Crippen LogP contribution is -2.20. The van der Waals surface area contributed by atoms with E-state index in [0.29, 0.717) is 12.4 Å². The van der Waals surface area contributed by atoms with Gasteiger partial charge in [-0.1, -0.05) is 26.0 Å². The first-order chi connectivity index (χ1) is 8.41. The van der Waals surface area contributed by atoms with Gasteiger partial charge in [-0.15, -0.1) is 5.10 Å². The van der Waals surface area contributed by atoms with E-state index in [1.807, 2.05) is 21.8 Å². The lowest BCUT2D eigenvalue weighted by Gasteiger charge is -2.19. The smallest absolute Gasteiger partial charge is 0.169 e. The number of nitrogens with zero attached hydrogens (tertiary/aromatic N) is 5. The molecule has 0 radical (unpaired) electrons. The van der Waals surface area contributed by atoms with E-state index in [4.69, 9.17) is 5.73 Å². The van der Waals surface area contributed by atoms with Crippen molar-refractivity contribution in [3.05, 3.63) is 23.7 Å². The Morgan fingerprint density at radius 3 is 2.61 bits per heavy atom. The van der Waals surface area contributed by atoms with E-state index in [2.05, 4.69) is 43.1 Å². The first-order valence-electron chi connectivity index (χ1n) is 6.12. The molecule has 0 atom stereocenters. The van der Waals surface area contributed by atoms with Gasteiger partial charge in [0.1, 0.15) is 0 Å². The number of aryl methyl sites for hydroxylation is 1. The molecule has 18 heavy (non-hydrogen) atoms. The molecular formula is C12H20N6. The fraction of sp³-hybridized carbons (Fsp3) is 0.583. The van der Waals surface area contributed by atoms with Crippen molar-refractivity contribution in [2.24, 2.45) is 0 Å². The van der Waals surface area contributed by atoms with Crippen LogP contribution in [0.25, 0.3) is 0 Å². The molecule has 0 aromatic carbocycles. The van der Waals surface area contributed by atoms with E-state index in [-0.39, 0.29) is 5.41 Å². The summed E-state index contributed by atoms with van der Waals surface area (Å²) >= 11 is 0. The zero-order valence-corrected chi connectivity index (χ0v) is 11.4. The van der Waals surface area contributed by atoms with Crippen LogP contribution < -0.4 is 5.73 Å². The van der Waals surface area contributed by atoms with Crippen molar-refractivity contribution >= 4 is 5.82 Å². The van der Waals surface area contributed by atoms with E-state index in [1.54, 1.807) is 0 Å². The van der Waals surface area contributed by atoms with Crippen molar-refractivity contribution < 1.29 is 0 Å². The number of anilines is 1. The minimum atomic E-state index is -0.0751. The molecule has 0 spiro atoms. The molecule has 0 bridgehead atoms. The first kappa shape index (κ1) is 12.6.